The number of rotatable bonds is 3. The Kier molecular flexibility index (Phi) is 2.53. The Bertz CT molecular complexity index is 126. The lowest BCUT2D eigenvalue weighted by atomic mass is 9.63. The molecule has 1 unspecified atom stereocenters. The van der Waals surface area contributed by atoms with Crippen LogP contribution in [0.3, 0.4) is 0 Å². The lowest BCUT2D eigenvalue weighted by Crippen LogP contribution is -2.34. The first-order valence-corrected chi connectivity index (χ1v) is 4.37. The molecule has 0 aliphatic heterocycles. The Hall–Kier alpha value is -0.110. The van der Waals surface area contributed by atoms with Gasteiger partial charge in [-0.05, 0) is 30.6 Å². The molecule has 0 aromatic heterocycles. The molecular formula is C9H18FN. The van der Waals surface area contributed by atoms with Crippen LogP contribution in [0.5, 0.6) is 0 Å². The predicted molar refractivity (Wildman–Crippen MR) is 45.1 cm³/mol. The molecule has 66 valence electrons. The van der Waals surface area contributed by atoms with Crippen LogP contribution in [0, 0.1) is 11.3 Å². The normalized spacial score (nSPS) is 26.2. The zero-order chi connectivity index (χ0) is 8.48. The van der Waals surface area contributed by atoms with Gasteiger partial charge in [0.1, 0.15) is 6.17 Å². The highest BCUT2D eigenvalue weighted by Crippen LogP contribution is 2.46. The van der Waals surface area contributed by atoms with E-state index in [9.17, 15) is 4.39 Å². The van der Waals surface area contributed by atoms with Crippen molar-refractivity contribution in [3.63, 3.8) is 0 Å². The molecule has 0 heterocycles. The summed E-state index contributed by atoms with van der Waals surface area (Å²) in [6, 6.07) is 0. The van der Waals surface area contributed by atoms with Crippen LogP contribution in [0.15, 0.2) is 0 Å². The highest BCUT2D eigenvalue weighted by atomic mass is 19.1. The van der Waals surface area contributed by atoms with Crippen LogP contribution in [-0.2, 0) is 0 Å². The van der Waals surface area contributed by atoms with E-state index in [1.807, 2.05) is 0 Å². The fraction of sp³-hybridized carbons (Fsp3) is 1.00. The van der Waals surface area contributed by atoms with Gasteiger partial charge >= 0.3 is 0 Å². The Morgan fingerprint density at radius 2 is 2.09 bits per heavy atom. The molecule has 0 aromatic carbocycles. The van der Waals surface area contributed by atoms with Gasteiger partial charge in [-0.25, -0.2) is 4.39 Å². The van der Waals surface area contributed by atoms with Crippen LogP contribution in [-0.4, -0.2) is 12.7 Å². The Morgan fingerprint density at radius 1 is 1.55 bits per heavy atom. The summed E-state index contributed by atoms with van der Waals surface area (Å²) in [5.41, 5.74) is 5.66. The van der Waals surface area contributed by atoms with Crippen LogP contribution in [0.2, 0.25) is 0 Å². The zero-order valence-corrected chi connectivity index (χ0v) is 7.44. The summed E-state index contributed by atoms with van der Waals surface area (Å²) < 4.78 is 12.7. The van der Waals surface area contributed by atoms with E-state index in [2.05, 4.69) is 13.8 Å². The molecular weight excluding hydrogens is 141 g/mol. The minimum atomic E-state index is -0.768. The van der Waals surface area contributed by atoms with E-state index in [1.54, 1.807) is 0 Å². The van der Waals surface area contributed by atoms with E-state index in [-0.39, 0.29) is 6.54 Å². The first-order chi connectivity index (χ1) is 5.03. The largest absolute Gasteiger partial charge is 0.328 e. The summed E-state index contributed by atoms with van der Waals surface area (Å²) in [6.45, 7) is 4.66. The van der Waals surface area contributed by atoms with E-state index < -0.39 is 6.17 Å². The molecule has 1 atom stereocenters. The second kappa shape index (κ2) is 3.10. The Balaban J connectivity index is 2.13. The lowest BCUT2D eigenvalue weighted by Gasteiger charge is -2.43. The minimum Gasteiger partial charge on any atom is -0.328 e. The molecule has 0 spiro atoms. The van der Waals surface area contributed by atoms with Crippen molar-refractivity contribution in [2.45, 2.75) is 39.3 Å². The van der Waals surface area contributed by atoms with E-state index in [1.165, 1.54) is 12.8 Å². The van der Waals surface area contributed by atoms with Gasteiger partial charge in [-0.15, -0.1) is 0 Å². The second-order valence-corrected chi connectivity index (χ2v) is 4.51. The molecule has 11 heavy (non-hydrogen) atoms. The van der Waals surface area contributed by atoms with Crippen LogP contribution >= 0.6 is 0 Å². The molecule has 1 rings (SSSR count). The average molecular weight is 159 g/mol. The Morgan fingerprint density at radius 3 is 2.45 bits per heavy atom. The average Bonchev–Trinajstić information content (AvgIpc) is 1.83. The number of hydrogen-bond acceptors (Lipinski definition) is 1. The fourth-order valence-electron chi connectivity index (χ4n) is 2.13. The molecule has 2 N–H and O–H groups in total. The summed E-state index contributed by atoms with van der Waals surface area (Å²) in [6.07, 6.45) is 2.26. The summed E-state index contributed by atoms with van der Waals surface area (Å²) in [7, 11) is 0. The highest BCUT2D eigenvalue weighted by Gasteiger charge is 2.36. The van der Waals surface area contributed by atoms with Gasteiger partial charge in [0.15, 0.2) is 0 Å². The number of alkyl halides is 1. The van der Waals surface area contributed by atoms with Crippen molar-refractivity contribution in [3.8, 4) is 0 Å². The van der Waals surface area contributed by atoms with Crippen LogP contribution in [0.4, 0.5) is 4.39 Å². The monoisotopic (exact) mass is 159 g/mol. The quantitative estimate of drug-likeness (QED) is 0.670. The van der Waals surface area contributed by atoms with E-state index in [0.29, 0.717) is 17.8 Å². The third-order valence-electron chi connectivity index (χ3n) is 2.53. The van der Waals surface area contributed by atoms with Gasteiger partial charge in [0.05, 0.1) is 0 Å². The molecule has 0 saturated heterocycles. The third kappa shape index (κ3) is 2.44. The first-order valence-electron chi connectivity index (χ1n) is 4.37. The fourth-order valence-corrected chi connectivity index (χ4v) is 2.13. The van der Waals surface area contributed by atoms with Crippen molar-refractivity contribution in [2.75, 3.05) is 6.54 Å². The van der Waals surface area contributed by atoms with Crippen molar-refractivity contribution >= 4 is 0 Å². The molecule has 0 radical (unpaired) electrons. The van der Waals surface area contributed by atoms with Crippen molar-refractivity contribution in [1.82, 2.24) is 0 Å². The highest BCUT2D eigenvalue weighted by molar-refractivity contribution is 4.87. The Labute approximate surface area is 68.2 Å². The van der Waals surface area contributed by atoms with Gasteiger partial charge in [0.25, 0.3) is 0 Å². The van der Waals surface area contributed by atoms with Gasteiger partial charge in [0.2, 0.25) is 0 Å². The van der Waals surface area contributed by atoms with Crippen molar-refractivity contribution in [1.29, 1.82) is 0 Å². The van der Waals surface area contributed by atoms with Crippen molar-refractivity contribution < 1.29 is 4.39 Å². The minimum absolute atomic E-state index is 0.191. The maximum atomic E-state index is 12.7. The molecule has 0 aromatic rings. The number of hydrogen-bond donors (Lipinski definition) is 1. The molecule has 2 heteroatoms. The molecule has 1 fully saturated rings. The van der Waals surface area contributed by atoms with Crippen LogP contribution < -0.4 is 5.73 Å². The SMILES string of the molecule is CC1(C)CC(CC(F)CN)C1. The summed E-state index contributed by atoms with van der Waals surface area (Å²) in [5.74, 6) is 0.601. The topological polar surface area (TPSA) is 26.0 Å². The second-order valence-electron chi connectivity index (χ2n) is 4.51. The molecule has 0 bridgehead atoms. The van der Waals surface area contributed by atoms with Crippen LogP contribution in [0.25, 0.3) is 0 Å². The van der Waals surface area contributed by atoms with Gasteiger partial charge in [-0.3, -0.25) is 0 Å². The first kappa shape index (κ1) is 8.98. The molecule has 0 amide bonds. The number of nitrogens with two attached hydrogens (primary N) is 1. The summed E-state index contributed by atoms with van der Waals surface area (Å²) >= 11 is 0. The lowest BCUT2D eigenvalue weighted by molar-refractivity contribution is 0.0694. The molecule has 1 aliphatic rings. The molecule has 1 aliphatic carbocycles. The van der Waals surface area contributed by atoms with Gasteiger partial charge < -0.3 is 5.73 Å². The van der Waals surface area contributed by atoms with E-state index in [0.717, 1.165) is 0 Å². The smallest absolute Gasteiger partial charge is 0.113 e. The van der Waals surface area contributed by atoms with Crippen molar-refractivity contribution in [2.24, 2.45) is 17.1 Å². The third-order valence-corrected chi connectivity index (χ3v) is 2.53. The molecule has 1 saturated carbocycles. The zero-order valence-electron chi connectivity index (χ0n) is 7.44. The predicted octanol–water partition coefficient (Wildman–Crippen LogP) is 2.11. The maximum absolute atomic E-state index is 12.7. The molecule has 1 nitrogen and oxygen atoms in total. The van der Waals surface area contributed by atoms with Gasteiger partial charge in [0, 0.05) is 6.54 Å². The standard InChI is InChI=1S/C9H18FN/c1-9(2)4-7(5-9)3-8(10)6-11/h7-8H,3-6,11H2,1-2H3. The summed E-state index contributed by atoms with van der Waals surface area (Å²) in [4.78, 5) is 0. The summed E-state index contributed by atoms with van der Waals surface area (Å²) in [5, 5.41) is 0. The van der Waals surface area contributed by atoms with Crippen molar-refractivity contribution in [3.05, 3.63) is 0 Å². The van der Waals surface area contributed by atoms with E-state index in [4.69, 9.17) is 5.73 Å². The van der Waals surface area contributed by atoms with E-state index >= 15 is 0 Å². The van der Waals surface area contributed by atoms with Gasteiger partial charge in [-0.2, -0.15) is 0 Å². The van der Waals surface area contributed by atoms with Gasteiger partial charge in [-0.1, -0.05) is 13.8 Å². The number of halogens is 1. The maximum Gasteiger partial charge on any atom is 0.113 e. The van der Waals surface area contributed by atoms with Crippen LogP contribution in [0.1, 0.15) is 33.1 Å².